The molecule has 0 bridgehead atoms. The lowest BCUT2D eigenvalue weighted by Gasteiger charge is -2.10. The number of benzene rings is 4. The zero-order chi connectivity index (χ0) is 28.6. The number of hydrogen-bond donors (Lipinski definition) is 0. The zero-order valence-corrected chi connectivity index (χ0v) is 22.9. The van der Waals surface area contributed by atoms with Crippen molar-refractivity contribution in [3.05, 3.63) is 140 Å². The highest BCUT2D eigenvalue weighted by Crippen LogP contribution is 2.35. The van der Waals surface area contributed by atoms with Crippen molar-refractivity contribution >= 4 is 22.1 Å². The Labute approximate surface area is 247 Å². The second-order valence-electron chi connectivity index (χ2n) is 10.2. The Morgan fingerprint density at radius 3 is 1.77 bits per heavy atom. The van der Waals surface area contributed by atoms with Crippen LogP contribution in [0.2, 0.25) is 0 Å². The number of fused-ring (bicyclic) bond motifs is 3. The van der Waals surface area contributed by atoms with Crippen LogP contribution in [0.5, 0.6) is 0 Å². The first-order chi connectivity index (χ1) is 21.3. The summed E-state index contributed by atoms with van der Waals surface area (Å²) in [5, 5.41) is 0.914. The van der Waals surface area contributed by atoms with Gasteiger partial charge in [0.25, 0.3) is 0 Å². The van der Waals surface area contributed by atoms with Crippen molar-refractivity contribution in [3.8, 4) is 56.4 Å². The molecule has 0 unspecified atom stereocenters. The van der Waals surface area contributed by atoms with Gasteiger partial charge in [0.15, 0.2) is 23.1 Å². The number of hydrogen-bond acceptors (Lipinski definition) is 6. The van der Waals surface area contributed by atoms with Gasteiger partial charge in [0, 0.05) is 40.8 Å². The minimum atomic E-state index is 0.629. The molecular weight excluding hydrogens is 530 g/mol. The molecule has 4 aromatic heterocycles. The fourth-order valence-corrected chi connectivity index (χ4v) is 5.35. The van der Waals surface area contributed by atoms with Gasteiger partial charge in [0.05, 0.1) is 5.39 Å². The van der Waals surface area contributed by atoms with Crippen LogP contribution in [0.4, 0.5) is 0 Å². The molecule has 6 heteroatoms. The third-order valence-corrected chi connectivity index (χ3v) is 7.50. The van der Waals surface area contributed by atoms with Crippen LogP contribution in [0.25, 0.3) is 78.5 Å². The molecule has 0 N–H and O–H groups in total. The van der Waals surface area contributed by atoms with Gasteiger partial charge in [0.2, 0.25) is 0 Å². The second-order valence-corrected chi connectivity index (χ2v) is 10.2. The van der Waals surface area contributed by atoms with Crippen molar-refractivity contribution in [2.45, 2.75) is 0 Å². The molecule has 0 spiro atoms. The Kier molecular flexibility index (Phi) is 6.01. The highest BCUT2D eigenvalue weighted by molar-refractivity contribution is 6.06. The molecule has 0 aliphatic carbocycles. The molecule has 0 atom stereocenters. The van der Waals surface area contributed by atoms with Crippen molar-refractivity contribution in [3.63, 3.8) is 0 Å². The van der Waals surface area contributed by atoms with E-state index in [-0.39, 0.29) is 0 Å². The molecule has 4 aromatic carbocycles. The van der Waals surface area contributed by atoms with E-state index in [9.17, 15) is 0 Å². The van der Waals surface area contributed by atoms with Crippen LogP contribution in [0, 0.1) is 0 Å². The fraction of sp³-hybridized carbons (Fsp3) is 0. The quantitative estimate of drug-likeness (QED) is 0.212. The van der Waals surface area contributed by atoms with Crippen molar-refractivity contribution in [2.75, 3.05) is 0 Å². The normalized spacial score (nSPS) is 11.3. The third-order valence-electron chi connectivity index (χ3n) is 7.50. The molecule has 8 aromatic rings. The Morgan fingerprint density at radius 2 is 1.07 bits per heavy atom. The summed E-state index contributed by atoms with van der Waals surface area (Å²) >= 11 is 0. The Bertz CT molecular complexity index is 2170. The highest BCUT2D eigenvalue weighted by atomic mass is 16.3. The van der Waals surface area contributed by atoms with Crippen LogP contribution in [0.15, 0.2) is 144 Å². The summed E-state index contributed by atoms with van der Waals surface area (Å²) in [6.07, 6.45) is 5.35. The lowest BCUT2D eigenvalue weighted by atomic mass is 9.99. The van der Waals surface area contributed by atoms with E-state index in [0.29, 0.717) is 17.5 Å². The average Bonchev–Trinajstić information content (AvgIpc) is 3.48. The Morgan fingerprint density at radius 1 is 0.465 bits per heavy atom. The summed E-state index contributed by atoms with van der Waals surface area (Å²) in [5.74, 6) is 1.92. The second kappa shape index (κ2) is 10.4. The number of furan rings is 1. The van der Waals surface area contributed by atoms with E-state index in [1.165, 1.54) is 0 Å². The summed E-state index contributed by atoms with van der Waals surface area (Å²) in [6, 6.07) is 40.7. The average molecular weight is 554 g/mol. The van der Waals surface area contributed by atoms with Gasteiger partial charge in [-0.25, -0.2) is 15.0 Å². The maximum atomic E-state index is 6.18. The molecule has 0 aliphatic rings. The summed E-state index contributed by atoms with van der Waals surface area (Å²) in [5.41, 5.74) is 9.38. The number of aromatic nitrogens is 5. The van der Waals surface area contributed by atoms with Crippen molar-refractivity contribution in [2.24, 2.45) is 0 Å². The topological polar surface area (TPSA) is 77.6 Å². The van der Waals surface area contributed by atoms with Crippen LogP contribution in [-0.2, 0) is 0 Å². The van der Waals surface area contributed by atoms with Gasteiger partial charge in [-0.05, 0) is 34.9 Å². The van der Waals surface area contributed by atoms with Crippen molar-refractivity contribution in [1.29, 1.82) is 0 Å². The third kappa shape index (κ3) is 4.61. The molecular formula is C37H23N5O. The van der Waals surface area contributed by atoms with Gasteiger partial charge in [0.1, 0.15) is 11.1 Å². The first-order valence-electron chi connectivity index (χ1n) is 14.0. The first kappa shape index (κ1) is 24.8. The molecule has 0 aliphatic heterocycles. The fourth-order valence-electron chi connectivity index (χ4n) is 5.35. The largest absolute Gasteiger partial charge is 0.454 e. The summed E-state index contributed by atoms with van der Waals surface area (Å²) in [7, 11) is 0. The Balaban J connectivity index is 1.18. The molecule has 8 rings (SSSR count). The van der Waals surface area contributed by atoms with Gasteiger partial charge < -0.3 is 4.42 Å². The minimum absolute atomic E-state index is 0.629. The zero-order valence-electron chi connectivity index (χ0n) is 22.9. The standard InChI is InChI=1S/C37H23N5O/c1-3-8-26(9-4-1)35-40-36(27-10-5-2-6-11-27)42-37(41-35)29-13-7-12-28(22-29)24-14-16-25(17-15-24)30-18-21-39-33-31-23-38-20-19-32(31)43-34(30)33/h1-23H. The molecule has 43 heavy (non-hydrogen) atoms. The predicted octanol–water partition coefficient (Wildman–Crippen LogP) is 8.90. The van der Waals surface area contributed by atoms with E-state index in [4.69, 9.17) is 19.4 Å². The molecule has 0 saturated carbocycles. The van der Waals surface area contributed by atoms with Gasteiger partial charge in [-0.15, -0.1) is 0 Å². The molecule has 6 nitrogen and oxygen atoms in total. The molecule has 0 amide bonds. The predicted molar refractivity (Wildman–Crippen MR) is 170 cm³/mol. The van der Waals surface area contributed by atoms with Crippen LogP contribution < -0.4 is 0 Å². The van der Waals surface area contributed by atoms with E-state index in [1.54, 1.807) is 12.4 Å². The summed E-state index contributed by atoms with van der Waals surface area (Å²) in [6.45, 7) is 0. The monoisotopic (exact) mass is 553 g/mol. The maximum absolute atomic E-state index is 6.18. The van der Waals surface area contributed by atoms with Crippen LogP contribution in [-0.4, -0.2) is 24.9 Å². The van der Waals surface area contributed by atoms with Crippen molar-refractivity contribution < 1.29 is 4.42 Å². The summed E-state index contributed by atoms with van der Waals surface area (Å²) in [4.78, 5) is 23.4. The highest BCUT2D eigenvalue weighted by Gasteiger charge is 2.15. The SMILES string of the molecule is c1ccc(-c2nc(-c3ccccc3)nc(-c3cccc(-c4ccc(-c5ccnc6c5oc5ccncc56)cc4)c3)n2)cc1. The number of nitrogens with zero attached hydrogens (tertiary/aromatic N) is 5. The van der Waals surface area contributed by atoms with E-state index < -0.39 is 0 Å². The number of rotatable bonds is 5. The molecule has 0 saturated heterocycles. The van der Waals surface area contributed by atoms with Gasteiger partial charge in [-0.1, -0.05) is 103 Å². The van der Waals surface area contributed by atoms with E-state index in [0.717, 1.165) is 61.0 Å². The number of pyridine rings is 2. The maximum Gasteiger partial charge on any atom is 0.164 e. The van der Waals surface area contributed by atoms with E-state index >= 15 is 0 Å². The Hall–Kier alpha value is -6.01. The smallest absolute Gasteiger partial charge is 0.164 e. The molecule has 0 radical (unpaired) electrons. The van der Waals surface area contributed by atoms with E-state index in [1.807, 2.05) is 91.1 Å². The van der Waals surface area contributed by atoms with Crippen molar-refractivity contribution in [1.82, 2.24) is 24.9 Å². The molecule has 0 fully saturated rings. The van der Waals surface area contributed by atoms with Crippen LogP contribution in [0.1, 0.15) is 0 Å². The van der Waals surface area contributed by atoms with Crippen LogP contribution in [0.3, 0.4) is 0 Å². The van der Waals surface area contributed by atoms with Gasteiger partial charge in [-0.2, -0.15) is 0 Å². The van der Waals surface area contributed by atoms with Gasteiger partial charge in [-0.3, -0.25) is 9.97 Å². The van der Waals surface area contributed by atoms with Crippen LogP contribution >= 0.6 is 0 Å². The lowest BCUT2D eigenvalue weighted by molar-refractivity contribution is 0.668. The minimum Gasteiger partial charge on any atom is -0.454 e. The first-order valence-corrected chi connectivity index (χ1v) is 14.0. The van der Waals surface area contributed by atoms with Gasteiger partial charge >= 0.3 is 0 Å². The molecule has 4 heterocycles. The summed E-state index contributed by atoms with van der Waals surface area (Å²) < 4.78 is 6.18. The lowest BCUT2D eigenvalue weighted by Crippen LogP contribution is -2.00. The van der Waals surface area contributed by atoms with E-state index in [2.05, 4.69) is 46.4 Å². The molecule has 202 valence electrons.